The number of aliphatic carboxylic acids is 2. The van der Waals surface area contributed by atoms with Crippen LogP contribution in [0.25, 0.3) is 0 Å². The topological polar surface area (TPSA) is 116 Å². The van der Waals surface area contributed by atoms with Crippen LogP contribution in [0, 0.1) is 0 Å². The molecule has 8 heteroatoms. The van der Waals surface area contributed by atoms with E-state index >= 15 is 0 Å². The third-order valence-electron chi connectivity index (χ3n) is 2.08. The highest BCUT2D eigenvalue weighted by Crippen LogP contribution is 2.28. The Labute approximate surface area is 118 Å². The molecule has 0 fully saturated rings. The summed E-state index contributed by atoms with van der Waals surface area (Å²) < 4.78 is 9.73. The van der Waals surface area contributed by atoms with Gasteiger partial charge >= 0.3 is 0 Å². The molecule has 1 rings (SSSR count). The van der Waals surface area contributed by atoms with Crippen LogP contribution in [0.3, 0.4) is 0 Å². The monoisotopic (exact) mass is 300 g/mol. The van der Waals surface area contributed by atoms with Crippen molar-refractivity contribution in [3.63, 3.8) is 0 Å². The van der Waals surface area contributed by atoms with E-state index in [4.69, 9.17) is 21.1 Å². The van der Waals surface area contributed by atoms with E-state index in [0.717, 1.165) is 0 Å². The lowest BCUT2D eigenvalue weighted by atomic mass is 10.1. The minimum Gasteiger partial charge on any atom is -0.546 e. The molecule has 0 radical (unpaired) electrons. The predicted octanol–water partition coefficient (Wildman–Crippen LogP) is -1.63. The molecule has 108 valence electrons. The van der Waals surface area contributed by atoms with Crippen molar-refractivity contribution in [2.24, 2.45) is 0 Å². The number of ether oxygens (including phenoxy) is 2. The minimum atomic E-state index is -1.48. The number of benzene rings is 1. The van der Waals surface area contributed by atoms with Crippen molar-refractivity contribution in [2.75, 3.05) is 19.1 Å². The Morgan fingerprint density at radius 1 is 1.00 bits per heavy atom. The van der Waals surface area contributed by atoms with Gasteiger partial charge in [0.25, 0.3) is 0 Å². The standard InChI is InChI=1S/C12H11ClO7/c13-4-8(14)7-1-2-9(19-5-11(15)16)10(3-7)20-6-12(17)18/h1-3H,4-6H2,(H,15,16)(H,17,18)/p-2. The molecule has 0 unspecified atom stereocenters. The molecule has 1 aromatic carbocycles. The largest absolute Gasteiger partial charge is 0.546 e. The number of rotatable bonds is 8. The summed E-state index contributed by atoms with van der Waals surface area (Å²) >= 11 is 5.40. The van der Waals surface area contributed by atoms with E-state index in [2.05, 4.69) is 0 Å². The smallest absolute Gasteiger partial charge is 0.177 e. The lowest BCUT2D eigenvalue weighted by Gasteiger charge is -2.14. The van der Waals surface area contributed by atoms with Gasteiger partial charge in [0, 0.05) is 5.56 Å². The molecule has 1 aromatic rings. The predicted molar refractivity (Wildman–Crippen MR) is 62.5 cm³/mol. The number of halogens is 1. The number of hydrogen-bond donors (Lipinski definition) is 0. The Balaban J connectivity index is 2.98. The number of carboxylic acids is 2. The highest BCUT2D eigenvalue weighted by atomic mass is 35.5. The van der Waals surface area contributed by atoms with E-state index in [-0.39, 0.29) is 22.9 Å². The minimum absolute atomic E-state index is 0.0402. The van der Waals surface area contributed by atoms with Gasteiger partial charge in [-0.05, 0) is 18.2 Å². The van der Waals surface area contributed by atoms with E-state index in [9.17, 15) is 24.6 Å². The van der Waals surface area contributed by atoms with Crippen LogP contribution in [0.4, 0.5) is 0 Å². The first-order valence-corrected chi connectivity index (χ1v) is 5.86. The summed E-state index contributed by atoms with van der Waals surface area (Å²) in [7, 11) is 0. The van der Waals surface area contributed by atoms with Crippen molar-refractivity contribution < 1.29 is 34.1 Å². The summed E-state index contributed by atoms with van der Waals surface area (Å²) in [6, 6.07) is 3.83. The lowest BCUT2D eigenvalue weighted by Crippen LogP contribution is -2.30. The Kier molecular flexibility index (Phi) is 5.79. The van der Waals surface area contributed by atoms with Gasteiger partial charge in [-0.15, -0.1) is 11.6 Å². The van der Waals surface area contributed by atoms with Crippen LogP contribution in [0.5, 0.6) is 11.5 Å². The van der Waals surface area contributed by atoms with Crippen molar-refractivity contribution in [3.8, 4) is 11.5 Å². The quantitative estimate of drug-likeness (QED) is 0.418. The van der Waals surface area contributed by atoms with Crippen molar-refractivity contribution in [2.45, 2.75) is 0 Å². The van der Waals surface area contributed by atoms with Crippen LogP contribution >= 0.6 is 11.6 Å². The van der Waals surface area contributed by atoms with Gasteiger partial charge in [-0.3, -0.25) is 4.79 Å². The number of carbonyl (C=O) groups excluding carboxylic acids is 3. The second-order valence-electron chi connectivity index (χ2n) is 3.54. The van der Waals surface area contributed by atoms with Crippen LogP contribution in [0.2, 0.25) is 0 Å². The molecular formula is C12H9ClO7-2. The molecule has 0 saturated carbocycles. The maximum absolute atomic E-state index is 11.4. The Bertz CT molecular complexity index is 527. The van der Waals surface area contributed by atoms with Crippen molar-refractivity contribution >= 4 is 29.3 Å². The Morgan fingerprint density at radius 2 is 1.55 bits per heavy atom. The summed E-state index contributed by atoms with van der Waals surface area (Å²) in [6.45, 7) is -1.52. The average Bonchev–Trinajstić information content (AvgIpc) is 2.42. The zero-order valence-electron chi connectivity index (χ0n) is 10.1. The van der Waals surface area contributed by atoms with E-state index in [1.54, 1.807) is 0 Å². The summed E-state index contributed by atoms with van der Waals surface area (Å²) in [5.41, 5.74) is 0.175. The molecule has 0 heterocycles. The Hall–Kier alpha value is -2.28. The zero-order chi connectivity index (χ0) is 15.1. The molecule has 0 atom stereocenters. The molecule has 20 heavy (non-hydrogen) atoms. The SMILES string of the molecule is O=C([O-])COc1ccc(C(=O)CCl)cc1OCC(=O)[O-]. The van der Waals surface area contributed by atoms with Gasteiger partial charge in [-0.2, -0.15) is 0 Å². The average molecular weight is 301 g/mol. The van der Waals surface area contributed by atoms with Gasteiger partial charge < -0.3 is 29.3 Å². The number of alkyl halides is 1. The van der Waals surface area contributed by atoms with E-state index in [0.29, 0.717) is 0 Å². The number of carboxylic acid groups (broad SMARTS) is 2. The molecule has 0 saturated heterocycles. The molecule has 0 amide bonds. The van der Waals surface area contributed by atoms with Gasteiger partial charge in [0.05, 0.1) is 17.8 Å². The van der Waals surface area contributed by atoms with Gasteiger partial charge in [-0.25, -0.2) is 0 Å². The lowest BCUT2D eigenvalue weighted by molar-refractivity contribution is -0.309. The third-order valence-corrected chi connectivity index (χ3v) is 2.32. The Morgan fingerprint density at radius 3 is 2.05 bits per heavy atom. The fourth-order valence-corrected chi connectivity index (χ4v) is 1.42. The second-order valence-corrected chi connectivity index (χ2v) is 3.81. The molecular weight excluding hydrogens is 292 g/mol. The number of hydrogen-bond acceptors (Lipinski definition) is 7. The highest BCUT2D eigenvalue weighted by molar-refractivity contribution is 6.30. The van der Waals surface area contributed by atoms with E-state index < -0.39 is 30.9 Å². The summed E-state index contributed by atoms with van der Waals surface area (Å²) in [4.78, 5) is 32.1. The molecule has 0 aliphatic heterocycles. The molecule has 0 bridgehead atoms. The fraction of sp³-hybridized carbons (Fsp3) is 0.250. The molecule has 0 aromatic heterocycles. The molecule has 0 N–H and O–H groups in total. The van der Waals surface area contributed by atoms with Crippen LogP contribution in [-0.2, 0) is 9.59 Å². The summed E-state index contributed by atoms with van der Waals surface area (Å²) in [5.74, 6) is -3.76. The first-order chi connectivity index (χ1) is 9.43. The van der Waals surface area contributed by atoms with Gasteiger partial charge in [0.2, 0.25) is 0 Å². The fourth-order valence-electron chi connectivity index (χ4n) is 1.26. The first-order valence-electron chi connectivity index (χ1n) is 5.32. The normalized spacial score (nSPS) is 9.85. The van der Waals surface area contributed by atoms with E-state index in [1.165, 1.54) is 18.2 Å². The molecule has 0 aliphatic rings. The first kappa shape index (κ1) is 15.8. The maximum atomic E-state index is 11.4. The third kappa shape index (κ3) is 4.77. The van der Waals surface area contributed by atoms with Gasteiger partial charge in [0.1, 0.15) is 13.2 Å². The van der Waals surface area contributed by atoms with Gasteiger partial charge in [0.15, 0.2) is 17.3 Å². The summed E-state index contributed by atoms with van der Waals surface area (Å²) in [5, 5.41) is 20.7. The van der Waals surface area contributed by atoms with Crippen LogP contribution in [0.15, 0.2) is 18.2 Å². The summed E-state index contributed by atoms with van der Waals surface area (Å²) in [6.07, 6.45) is 0. The van der Waals surface area contributed by atoms with Crippen LogP contribution in [0.1, 0.15) is 10.4 Å². The molecule has 7 nitrogen and oxygen atoms in total. The molecule has 0 spiro atoms. The van der Waals surface area contributed by atoms with E-state index in [1.807, 2.05) is 0 Å². The number of carbonyl (C=O) groups is 3. The van der Waals surface area contributed by atoms with Crippen molar-refractivity contribution in [1.29, 1.82) is 0 Å². The van der Waals surface area contributed by atoms with Crippen molar-refractivity contribution in [3.05, 3.63) is 23.8 Å². The second kappa shape index (κ2) is 7.34. The maximum Gasteiger partial charge on any atom is 0.177 e. The van der Waals surface area contributed by atoms with Crippen LogP contribution < -0.4 is 19.7 Å². The zero-order valence-corrected chi connectivity index (χ0v) is 10.8. The highest BCUT2D eigenvalue weighted by Gasteiger charge is 2.11. The van der Waals surface area contributed by atoms with Gasteiger partial charge in [-0.1, -0.05) is 0 Å². The number of ketones is 1. The van der Waals surface area contributed by atoms with Crippen LogP contribution in [-0.4, -0.2) is 36.8 Å². The van der Waals surface area contributed by atoms with Crippen molar-refractivity contribution in [1.82, 2.24) is 0 Å². The molecule has 0 aliphatic carbocycles. The number of Topliss-reactive ketones (excluding diaryl/α,β-unsaturated/α-hetero) is 1.